The van der Waals surface area contributed by atoms with Crippen LogP contribution in [0.3, 0.4) is 0 Å². The Kier molecular flexibility index (Phi) is 5.85. The van der Waals surface area contributed by atoms with Crippen LogP contribution in [0, 0.1) is 13.8 Å². The third-order valence-electron chi connectivity index (χ3n) is 4.16. The number of fused-ring (bicyclic) bond motifs is 1. The molecule has 0 fully saturated rings. The first-order valence-electron chi connectivity index (χ1n) is 8.29. The molecule has 0 unspecified atom stereocenters. The van der Waals surface area contributed by atoms with Gasteiger partial charge in [0.1, 0.15) is 10.6 Å². The number of benzene rings is 1. The predicted octanol–water partition coefficient (Wildman–Crippen LogP) is 5.18. The van der Waals surface area contributed by atoms with Crippen molar-refractivity contribution in [2.24, 2.45) is 0 Å². The van der Waals surface area contributed by atoms with Crippen LogP contribution >= 0.6 is 34.7 Å². The van der Waals surface area contributed by atoms with E-state index in [1.165, 1.54) is 11.8 Å². The van der Waals surface area contributed by atoms with E-state index in [-0.39, 0.29) is 11.3 Å². The number of thiophene rings is 1. The highest BCUT2D eigenvalue weighted by molar-refractivity contribution is 7.99. The summed E-state index contributed by atoms with van der Waals surface area (Å²) in [6.07, 6.45) is 1.30. The Morgan fingerprint density at radius 3 is 2.62 bits per heavy atom. The fourth-order valence-corrected chi connectivity index (χ4v) is 4.82. The molecule has 0 aliphatic carbocycles. The summed E-state index contributed by atoms with van der Waals surface area (Å²) < 4.78 is 1.65. The molecule has 3 rings (SSSR count). The molecule has 0 saturated heterocycles. The Bertz CT molecular complexity index is 1020. The van der Waals surface area contributed by atoms with E-state index in [4.69, 9.17) is 16.6 Å². The zero-order chi connectivity index (χ0) is 18.8. The summed E-state index contributed by atoms with van der Waals surface area (Å²) >= 11 is 9.05. The van der Waals surface area contributed by atoms with Crippen LogP contribution in [0.25, 0.3) is 15.9 Å². The number of thioether (sulfide) groups is 1. The van der Waals surface area contributed by atoms with Crippen LogP contribution in [0.1, 0.15) is 30.2 Å². The Morgan fingerprint density at radius 2 is 1.96 bits per heavy atom. The van der Waals surface area contributed by atoms with Gasteiger partial charge in [-0.2, -0.15) is 0 Å². The van der Waals surface area contributed by atoms with Gasteiger partial charge in [0.25, 0.3) is 5.56 Å². The highest BCUT2D eigenvalue weighted by atomic mass is 35.5. The normalized spacial score (nSPS) is 11.2. The van der Waals surface area contributed by atoms with Crippen molar-refractivity contribution < 1.29 is 4.79 Å². The van der Waals surface area contributed by atoms with Crippen molar-refractivity contribution in [3.8, 4) is 5.69 Å². The molecule has 7 heteroatoms. The summed E-state index contributed by atoms with van der Waals surface area (Å²) in [4.78, 5) is 31.0. The van der Waals surface area contributed by atoms with Gasteiger partial charge < -0.3 is 4.79 Å². The highest BCUT2D eigenvalue weighted by Crippen LogP contribution is 2.30. The summed E-state index contributed by atoms with van der Waals surface area (Å²) in [6, 6.07) is 7.18. The number of aromatic nitrogens is 2. The van der Waals surface area contributed by atoms with Crippen LogP contribution in [0.5, 0.6) is 0 Å². The number of nitrogens with zero attached hydrogens (tertiary/aromatic N) is 2. The van der Waals surface area contributed by atoms with E-state index < -0.39 is 0 Å². The van der Waals surface area contributed by atoms with Crippen LogP contribution in [-0.4, -0.2) is 21.1 Å². The first-order chi connectivity index (χ1) is 12.4. The maximum absolute atomic E-state index is 13.2. The van der Waals surface area contributed by atoms with E-state index >= 15 is 0 Å². The van der Waals surface area contributed by atoms with Crippen molar-refractivity contribution in [3.63, 3.8) is 0 Å². The minimum Gasteiger partial charge on any atom is -0.300 e. The van der Waals surface area contributed by atoms with Crippen molar-refractivity contribution in [2.45, 2.75) is 38.8 Å². The lowest BCUT2D eigenvalue weighted by Crippen LogP contribution is -2.21. The fraction of sp³-hybridized carbons (Fsp3) is 0.316. The summed E-state index contributed by atoms with van der Waals surface area (Å²) in [7, 11) is 0. The Hall–Kier alpha value is -1.63. The molecule has 0 saturated carbocycles. The van der Waals surface area contributed by atoms with Crippen LogP contribution in [0.15, 0.2) is 34.2 Å². The molecule has 2 aromatic heterocycles. The van der Waals surface area contributed by atoms with Gasteiger partial charge in [-0.15, -0.1) is 11.3 Å². The van der Waals surface area contributed by atoms with Crippen LogP contribution in [-0.2, 0) is 4.79 Å². The molecule has 26 heavy (non-hydrogen) atoms. The second-order valence-corrected chi connectivity index (χ2v) is 8.83. The number of Topliss-reactive ketones (excluding diaryl/α,β-unsaturated/α-hetero) is 1. The molecule has 0 N–H and O–H groups in total. The quantitative estimate of drug-likeness (QED) is 0.321. The Morgan fingerprint density at radius 1 is 1.27 bits per heavy atom. The maximum atomic E-state index is 13.2. The third kappa shape index (κ3) is 3.87. The minimum absolute atomic E-state index is 0.0618. The smallest absolute Gasteiger partial charge is 0.267 e. The topological polar surface area (TPSA) is 52.0 Å². The molecule has 0 radical (unpaired) electrons. The number of hydrogen-bond donors (Lipinski definition) is 0. The zero-order valence-electron chi connectivity index (χ0n) is 14.8. The number of hydrogen-bond acceptors (Lipinski definition) is 5. The Labute approximate surface area is 165 Å². The molecule has 1 aromatic carbocycles. The standard InChI is InChI=1S/C19H19ClN2O2S2/c1-11(23)5-4-10-25-19-21-17-16(12(2)13(3)26-17)18(24)22(19)15-8-6-14(20)7-9-15/h6-9H,4-5,10H2,1-3H3. The van der Waals surface area contributed by atoms with Gasteiger partial charge >= 0.3 is 0 Å². The highest BCUT2D eigenvalue weighted by Gasteiger charge is 2.18. The minimum atomic E-state index is -0.0618. The van der Waals surface area contributed by atoms with E-state index in [9.17, 15) is 9.59 Å². The van der Waals surface area contributed by atoms with Gasteiger partial charge in [0.05, 0.1) is 11.1 Å². The van der Waals surface area contributed by atoms with Crippen LogP contribution < -0.4 is 5.56 Å². The van der Waals surface area contributed by atoms with Crippen molar-refractivity contribution >= 4 is 50.7 Å². The van der Waals surface area contributed by atoms with Crippen LogP contribution in [0.4, 0.5) is 0 Å². The summed E-state index contributed by atoms with van der Waals surface area (Å²) in [5, 5.41) is 1.94. The van der Waals surface area contributed by atoms with E-state index in [1.807, 2.05) is 26.0 Å². The van der Waals surface area contributed by atoms with E-state index in [1.54, 1.807) is 35.0 Å². The van der Waals surface area contributed by atoms with Gasteiger partial charge in [0.2, 0.25) is 0 Å². The molecule has 0 bridgehead atoms. The average molecular weight is 407 g/mol. The molecule has 0 aliphatic rings. The molecular formula is C19H19ClN2O2S2. The van der Waals surface area contributed by atoms with Gasteiger partial charge in [0.15, 0.2) is 5.16 Å². The second kappa shape index (κ2) is 7.94. The molecule has 0 amide bonds. The summed E-state index contributed by atoms with van der Waals surface area (Å²) in [5.74, 6) is 0.905. The van der Waals surface area contributed by atoms with Gasteiger partial charge in [0, 0.05) is 22.1 Å². The molecule has 136 valence electrons. The van der Waals surface area contributed by atoms with Crippen molar-refractivity contribution in [1.82, 2.24) is 9.55 Å². The number of carbonyl (C=O) groups excluding carboxylic acids is 1. The average Bonchev–Trinajstić information content (AvgIpc) is 2.87. The third-order valence-corrected chi connectivity index (χ3v) is 6.54. The molecule has 2 heterocycles. The molecule has 0 atom stereocenters. The first-order valence-corrected chi connectivity index (χ1v) is 10.5. The summed E-state index contributed by atoms with van der Waals surface area (Å²) in [6.45, 7) is 5.56. The molecule has 0 aliphatic heterocycles. The van der Waals surface area contributed by atoms with E-state index in [0.717, 1.165) is 33.1 Å². The molecule has 0 spiro atoms. The molecule has 3 aromatic rings. The van der Waals surface area contributed by atoms with Crippen LogP contribution in [0.2, 0.25) is 5.02 Å². The first kappa shape index (κ1) is 19.1. The lowest BCUT2D eigenvalue weighted by Gasteiger charge is -2.12. The number of carbonyl (C=O) groups is 1. The lowest BCUT2D eigenvalue weighted by molar-refractivity contribution is -0.117. The summed E-state index contributed by atoms with van der Waals surface area (Å²) in [5.41, 5.74) is 1.66. The monoisotopic (exact) mass is 406 g/mol. The lowest BCUT2D eigenvalue weighted by atomic mass is 10.2. The zero-order valence-corrected chi connectivity index (χ0v) is 17.2. The van der Waals surface area contributed by atoms with Crippen molar-refractivity contribution in [1.29, 1.82) is 0 Å². The SMILES string of the molecule is CC(=O)CCCSc1nc2sc(C)c(C)c2c(=O)n1-c1ccc(Cl)cc1. The van der Waals surface area contributed by atoms with Crippen molar-refractivity contribution in [3.05, 3.63) is 50.1 Å². The van der Waals surface area contributed by atoms with Gasteiger partial charge in [-0.3, -0.25) is 9.36 Å². The Balaban J connectivity index is 2.11. The number of aryl methyl sites for hydroxylation is 2. The number of halogens is 1. The van der Waals surface area contributed by atoms with E-state index in [2.05, 4.69) is 0 Å². The predicted molar refractivity (Wildman–Crippen MR) is 110 cm³/mol. The molecule has 4 nitrogen and oxygen atoms in total. The van der Waals surface area contributed by atoms with Crippen molar-refractivity contribution in [2.75, 3.05) is 5.75 Å². The second-order valence-electron chi connectivity index (χ2n) is 6.13. The number of ketones is 1. The molecular weight excluding hydrogens is 388 g/mol. The van der Waals surface area contributed by atoms with E-state index in [0.29, 0.717) is 22.0 Å². The largest absolute Gasteiger partial charge is 0.300 e. The van der Waals surface area contributed by atoms with Gasteiger partial charge in [-0.1, -0.05) is 23.4 Å². The number of rotatable bonds is 6. The fourth-order valence-electron chi connectivity index (χ4n) is 2.67. The van der Waals surface area contributed by atoms with Gasteiger partial charge in [-0.25, -0.2) is 4.98 Å². The van der Waals surface area contributed by atoms with Gasteiger partial charge in [-0.05, 0) is 57.0 Å². The maximum Gasteiger partial charge on any atom is 0.267 e.